The van der Waals surface area contributed by atoms with E-state index in [-0.39, 0.29) is 6.42 Å². The molecule has 0 saturated heterocycles. The first-order chi connectivity index (χ1) is 15.2. The van der Waals surface area contributed by atoms with E-state index in [2.05, 4.69) is 5.32 Å². The summed E-state index contributed by atoms with van der Waals surface area (Å²) in [6.45, 7) is 10.5. The number of alkyl carbamates (subject to hydrolysis) is 1. The van der Waals surface area contributed by atoms with Crippen LogP contribution in [-0.4, -0.2) is 36.4 Å². The molecule has 0 aliphatic heterocycles. The lowest BCUT2D eigenvalue weighted by atomic mass is 10.0. The van der Waals surface area contributed by atoms with Gasteiger partial charge < -0.3 is 31.0 Å². The SMILES string of the molecule is COc1cc(N)ccc1C[C@H](NC(=O)OC(C)(C)C)C(=O)OC(C)(C)C.Nc1ccccc1. The molecule has 0 saturated carbocycles. The maximum absolute atomic E-state index is 12.6. The van der Waals surface area contributed by atoms with Gasteiger partial charge in [-0.3, -0.25) is 0 Å². The van der Waals surface area contributed by atoms with E-state index in [1.165, 1.54) is 7.11 Å². The van der Waals surface area contributed by atoms with Gasteiger partial charge in [-0.1, -0.05) is 24.3 Å². The number of hydrogen-bond donors (Lipinski definition) is 3. The first-order valence-corrected chi connectivity index (χ1v) is 10.7. The lowest BCUT2D eigenvalue weighted by molar-refractivity contribution is -0.157. The molecule has 8 heteroatoms. The quantitative estimate of drug-likeness (QED) is 0.449. The molecule has 33 heavy (non-hydrogen) atoms. The van der Waals surface area contributed by atoms with Crippen LogP contribution in [0.3, 0.4) is 0 Å². The molecular formula is C25H37N3O5. The van der Waals surface area contributed by atoms with Gasteiger partial charge >= 0.3 is 12.1 Å². The van der Waals surface area contributed by atoms with Crippen molar-refractivity contribution in [3.05, 3.63) is 54.1 Å². The van der Waals surface area contributed by atoms with Crippen molar-refractivity contribution in [1.29, 1.82) is 0 Å². The average molecular weight is 460 g/mol. The van der Waals surface area contributed by atoms with Crippen LogP contribution in [0, 0.1) is 0 Å². The van der Waals surface area contributed by atoms with Crippen molar-refractivity contribution in [3.8, 4) is 5.75 Å². The van der Waals surface area contributed by atoms with E-state index in [0.29, 0.717) is 17.0 Å². The zero-order chi connectivity index (χ0) is 25.2. The lowest BCUT2D eigenvalue weighted by Crippen LogP contribution is -2.47. The van der Waals surface area contributed by atoms with Gasteiger partial charge in [-0.2, -0.15) is 0 Å². The topological polar surface area (TPSA) is 126 Å². The summed E-state index contributed by atoms with van der Waals surface area (Å²) in [5, 5.41) is 2.59. The fourth-order valence-electron chi connectivity index (χ4n) is 2.62. The summed E-state index contributed by atoms with van der Waals surface area (Å²) in [5.41, 5.74) is 11.8. The third-order valence-corrected chi connectivity index (χ3v) is 3.92. The molecule has 0 aliphatic carbocycles. The van der Waals surface area contributed by atoms with Crippen LogP contribution in [0.2, 0.25) is 0 Å². The minimum atomic E-state index is -0.929. The normalized spacial score (nSPS) is 12.0. The summed E-state index contributed by atoms with van der Waals surface area (Å²) >= 11 is 0. The molecule has 0 heterocycles. The van der Waals surface area contributed by atoms with E-state index in [1.807, 2.05) is 30.3 Å². The van der Waals surface area contributed by atoms with Crippen molar-refractivity contribution in [2.75, 3.05) is 18.6 Å². The van der Waals surface area contributed by atoms with Gasteiger partial charge in [0.25, 0.3) is 0 Å². The van der Waals surface area contributed by atoms with E-state index in [9.17, 15) is 9.59 Å². The van der Waals surface area contributed by atoms with Gasteiger partial charge in [-0.15, -0.1) is 0 Å². The molecule has 1 atom stereocenters. The molecule has 8 nitrogen and oxygen atoms in total. The van der Waals surface area contributed by atoms with Gasteiger partial charge in [-0.25, -0.2) is 9.59 Å². The van der Waals surface area contributed by atoms with Crippen LogP contribution in [0.1, 0.15) is 47.1 Å². The maximum Gasteiger partial charge on any atom is 0.408 e. The van der Waals surface area contributed by atoms with E-state index in [0.717, 1.165) is 5.69 Å². The molecule has 0 spiro atoms. The van der Waals surface area contributed by atoms with Crippen molar-refractivity contribution in [1.82, 2.24) is 5.32 Å². The van der Waals surface area contributed by atoms with Crippen LogP contribution in [0.15, 0.2) is 48.5 Å². The number of carbonyl (C=O) groups is 2. The second kappa shape index (κ2) is 12.0. The molecule has 2 aromatic carbocycles. The highest BCUT2D eigenvalue weighted by Gasteiger charge is 2.29. The van der Waals surface area contributed by atoms with Crippen LogP contribution in [0.25, 0.3) is 0 Å². The Morgan fingerprint density at radius 1 is 0.879 bits per heavy atom. The van der Waals surface area contributed by atoms with E-state index >= 15 is 0 Å². The highest BCUT2D eigenvalue weighted by atomic mass is 16.6. The fourth-order valence-corrected chi connectivity index (χ4v) is 2.62. The molecule has 2 rings (SSSR count). The van der Waals surface area contributed by atoms with Gasteiger partial charge in [-0.05, 0) is 65.3 Å². The fraction of sp³-hybridized carbons (Fsp3) is 0.440. The summed E-state index contributed by atoms with van der Waals surface area (Å²) in [6, 6.07) is 13.7. The van der Waals surface area contributed by atoms with Gasteiger partial charge in [0.05, 0.1) is 7.11 Å². The number of carbonyl (C=O) groups excluding carboxylic acids is 2. The highest BCUT2D eigenvalue weighted by molar-refractivity contribution is 5.82. The minimum Gasteiger partial charge on any atom is -0.496 e. The molecule has 1 amide bonds. The molecule has 0 aromatic heterocycles. The Balaban J connectivity index is 0.000000657. The van der Waals surface area contributed by atoms with Gasteiger partial charge in [0.2, 0.25) is 0 Å². The van der Waals surface area contributed by atoms with E-state index < -0.39 is 29.3 Å². The van der Waals surface area contributed by atoms with Crippen molar-refractivity contribution in [3.63, 3.8) is 0 Å². The summed E-state index contributed by atoms with van der Waals surface area (Å²) < 4.78 is 16.0. The Kier molecular flexibility index (Phi) is 10.0. The number of anilines is 2. The number of esters is 1. The molecule has 0 unspecified atom stereocenters. The largest absolute Gasteiger partial charge is 0.496 e. The van der Waals surface area contributed by atoms with Gasteiger partial charge in [0.1, 0.15) is 23.0 Å². The predicted molar refractivity (Wildman–Crippen MR) is 131 cm³/mol. The number of benzene rings is 2. The number of methoxy groups -OCH3 is 1. The Labute approximate surface area is 196 Å². The second-order valence-electron chi connectivity index (χ2n) is 9.42. The van der Waals surface area contributed by atoms with Crippen molar-refractivity contribution < 1.29 is 23.8 Å². The summed E-state index contributed by atoms with van der Waals surface area (Å²) in [7, 11) is 1.52. The number of amides is 1. The van der Waals surface area contributed by atoms with Crippen molar-refractivity contribution >= 4 is 23.4 Å². The third-order valence-electron chi connectivity index (χ3n) is 3.92. The zero-order valence-electron chi connectivity index (χ0n) is 20.6. The Morgan fingerprint density at radius 3 is 1.91 bits per heavy atom. The van der Waals surface area contributed by atoms with Crippen LogP contribution in [0.5, 0.6) is 5.75 Å². The number of rotatable bonds is 5. The molecule has 0 bridgehead atoms. The Morgan fingerprint density at radius 2 is 1.45 bits per heavy atom. The molecule has 0 radical (unpaired) electrons. The third kappa shape index (κ3) is 11.7. The minimum absolute atomic E-state index is 0.178. The van der Waals surface area contributed by atoms with E-state index in [1.54, 1.807) is 59.7 Å². The number of para-hydroxylation sites is 1. The van der Waals surface area contributed by atoms with E-state index in [4.69, 9.17) is 25.7 Å². The monoisotopic (exact) mass is 459 g/mol. The Bertz CT molecular complexity index is 902. The number of nitrogens with two attached hydrogens (primary N) is 2. The van der Waals surface area contributed by atoms with Crippen LogP contribution >= 0.6 is 0 Å². The first kappa shape index (κ1) is 27.6. The van der Waals surface area contributed by atoms with Crippen molar-refractivity contribution in [2.45, 2.75) is 65.2 Å². The standard InChI is InChI=1S/C19H30N2O5.C6H7N/c1-18(2,3)25-16(22)14(21-17(23)26-19(4,5)6)10-12-8-9-13(20)11-15(12)24-7;7-6-4-2-1-3-5-6/h8-9,11,14H,10,20H2,1-7H3,(H,21,23);1-5H,7H2/t14-;/m0./s1. The molecule has 5 N–H and O–H groups in total. The lowest BCUT2D eigenvalue weighted by Gasteiger charge is -2.26. The maximum atomic E-state index is 12.6. The van der Waals surface area contributed by atoms with Crippen LogP contribution < -0.4 is 21.5 Å². The molecule has 2 aromatic rings. The number of nitrogen functional groups attached to an aromatic ring is 2. The summed E-state index contributed by atoms with van der Waals surface area (Å²) in [6.07, 6.45) is -0.514. The van der Waals surface area contributed by atoms with Crippen LogP contribution in [-0.2, 0) is 20.7 Å². The number of hydrogen-bond acceptors (Lipinski definition) is 7. The van der Waals surface area contributed by atoms with Gasteiger partial charge in [0, 0.05) is 23.9 Å². The summed E-state index contributed by atoms with van der Waals surface area (Å²) in [4.78, 5) is 24.7. The number of nitrogens with one attached hydrogen (secondary N) is 1. The predicted octanol–water partition coefficient (Wildman–Crippen LogP) is 4.32. The molecule has 0 aliphatic rings. The zero-order valence-corrected chi connectivity index (χ0v) is 20.6. The second-order valence-corrected chi connectivity index (χ2v) is 9.42. The summed E-state index contributed by atoms with van der Waals surface area (Å²) in [5.74, 6) is -0.0215. The van der Waals surface area contributed by atoms with Crippen molar-refractivity contribution in [2.24, 2.45) is 0 Å². The molecular weight excluding hydrogens is 422 g/mol. The van der Waals surface area contributed by atoms with Crippen LogP contribution in [0.4, 0.5) is 16.2 Å². The smallest absolute Gasteiger partial charge is 0.408 e. The average Bonchev–Trinajstić information content (AvgIpc) is 2.67. The highest BCUT2D eigenvalue weighted by Crippen LogP contribution is 2.24. The Hall–Kier alpha value is -3.42. The molecule has 182 valence electrons. The molecule has 0 fully saturated rings. The number of ether oxygens (including phenoxy) is 3. The van der Waals surface area contributed by atoms with Gasteiger partial charge in [0.15, 0.2) is 0 Å². The first-order valence-electron chi connectivity index (χ1n) is 10.7.